The highest BCUT2D eigenvalue weighted by Gasteiger charge is 2.40. The van der Waals surface area contributed by atoms with Crippen molar-refractivity contribution in [1.82, 2.24) is 10.2 Å². The second kappa shape index (κ2) is 10.3. The minimum absolute atomic E-state index is 0.00889. The number of carbonyl (C=O) groups excluding carboxylic acids is 1. The molecule has 0 unspecified atom stereocenters. The molecule has 2 N–H and O–H groups in total. The van der Waals surface area contributed by atoms with Gasteiger partial charge in [0.25, 0.3) is 5.91 Å². The molecule has 31 heavy (non-hydrogen) atoms. The van der Waals surface area contributed by atoms with Crippen molar-refractivity contribution < 1.29 is 9.90 Å². The number of halogens is 1. The summed E-state index contributed by atoms with van der Waals surface area (Å²) in [5.74, 6) is 0.258. The third-order valence-electron chi connectivity index (χ3n) is 7.03. The number of nitrogens with one attached hydrogen (secondary N) is 1. The molecular formula is C26H33IN2O2. The van der Waals surface area contributed by atoms with Gasteiger partial charge < -0.3 is 10.4 Å². The van der Waals surface area contributed by atoms with Gasteiger partial charge in [-0.1, -0.05) is 43.9 Å². The Balaban J connectivity index is 1.45. The van der Waals surface area contributed by atoms with Crippen molar-refractivity contribution in [2.75, 3.05) is 19.6 Å². The number of phenols is 1. The van der Waals surface area contributed by atoms with Crippen molar-refractivity contribution in [2.45, 2.75) is 63.3 Å². The zero-order valence-corrected chi connectivity index (χ0v) is 20.4. The summed E-state index contributed by atoms with van der Waals surface area (Å²) in [6.45, 7) is 2.99. The summed E-state index contributed by atoms with van der Waals surface area (Å²) < 4.78 is 1.04. The van der Waals surface area contributed by atoms with Crippen LogP contribution in [0, 0.1) is 3.57 Å². The quantitative estimate of drug-likeness (QED) is 0.476. The van der Waals surface area contributed by atoms with E-state index < -0.39 is 0 Å². The number of benzene rings is 2. The van der Waals surface area contributed by atoms with E-state index in [1.54, 1.807) is 12.1 Å². The van der Waals surface area contributed by atoms with E-state index in [1.807, 2.05) is 18.2 Å². The van der Waals surface area contributed by atoms with Gasteiger partial charge in [-0.3, -0.25) is 9.69 Å². The molecule has 1 aliphatic carbocycles. The first-order valence-corrected chi connectivity index (χ1v) is 12.8. The number of amides is 1. The van der Waals surface area contributed by atoms with Crippen LogP contribution < -0.4 is 5.32 Å². The van der Waals surface area contributed by atoms with Crippen LogP contribution >= 0.6 is 22.6 Å². The van der Waals surface area contributed by atoms with Crippen LogP contribution in [0.5, 0.6) is 5.75 Å². The van der Waals surface area contributed by atoms with E-state index in [9.17, 15) is 9.90 Å². The first-order chi connectivity index (χ1) is 15.1. The molecule has 0 bridgehead atoms. The van der Waals surface area contributed by atoms with E-state index in [0.717, 1.165) is 21.1 Å². The lowest BCUT2D eigenvalue weighted by molar-refractivity contribution is 0.0302. The third-order valence-corrected chi connectivity index (χ3v) is 7.92. The zero-order chi connectivity index (χ0) is 21.7. The van der Waals surface area contributed by atoms with E-state index in [2.05, 4.69) is 44.9 Å². The summed E-state index contributed by atoms with van der Waals surface area (Å²) in [6.07, 6.45) is 11.1. The molecule has 1 aliphatic heterocycles. The lowest BCUT2D eigenvalue weighted by Gasteiger charge is -2.49. The molecule has 1 saturated carbocycles. The van der Waals surface area contributed by atoms with E-state index in [1.165, 1.54) is 70.0 Å². The summed E-state index contributed by atoms with van der Waals surface area (Å²) >= 11 is 2.33. The highest BCUT2D eigenvalue weighted by atomic mass is 127. The molecule has 4 rings (SSSR count). The van der Waals surface area contributed by atoms with Gasteiger partial charge in [0.1, 0.15) is 5.75 Å². The van der Waals surface area contributed by atoms with Crippen LogP contribution in [0.2, 0.25) is 0 Å². The van der Waals surface area contributed by atoms with Crippen molar-refractivity contribution in [3.05, 3.63) is 62.7 Å². The Morgan fingerprint density at radius 1 is 0.968 bits per heavy atom. The first kappa shape index (κ1) is 22.6. The van der Waals surface area contributed by atoms with Crippen LogP contribution in [0.15, 0.2) is 42.5 Å². The number of hydrogen-bond donors (Lipinski definition) is 2. The fourth-order valence-electron chi connectivity index (χ4n) is 5.31. The Labute approximate surface area is 199 Å². The molecule has 166 valence electrons. The van der Waals surface area contributed by atoms with Crippen LogP contribution in [0.25, 0.3) is 0 Å². The monoisotopic (exact) mass is 532 g/mol. The summed E-state index contributed by atoms with van der Waals surface area (Å²) in [5, 5.41) is 12.5. The number of carbonyl (C=O) groups is 1. The van der Waals surface area contributed by atoms with Crippen molar-refractivity contribution in [1.29, 1.82) is 0 Å². The molecular weight excluding hydrogens is 499 g/mol. The molecule has 1 heterocycles. The topological polar surface area (TPSA) is 52.6 Å². The van der Waals surface area contributed by atoms with Gasteiger partial charge in [0.2, 0.25) is 0 Å². The minimum atomic E-state index is -0.00889. The van der Waals surface area contributed by atoms with Gasteiger partial charge in [0.05, 0.1) is 5.56 Å². The molecule has 0 radical (unpaired) electrons. The van der Waals surface area contributed by atoms with Crippen LogP contribution in [0.3, 0.4) is 0 Å². The van der Waals surface area contributed by atoms with Crippen LogP contribution in [-0.2, 0) is 12.0 Å². The largest absolute Gasteiger partial charge is 0.508 e. The highest BCUT2D eigenvalue weighted by Crippen LogP contribution is 2.44. The minimum Gasteiger partial charge on any atom is -0.508 e. The van der Waals surface area contributed by atoms with Gasteiger partial charge in [-0.25, -0.2) is 0 Å². The van der Waals surface area contributed by atoms with E-state index in [0.29, 0.717) is 6.54 Å². The normalized spacial score (nSPS) is 19.1. The second-order valence-corrected chi connectivity index (χ2v) is 10.2. The summed E-state index contributed by atoms with van der Waals surface area (Å²) in [4.78, 5) is 15.6. The Hall–Kier alpha value is -1.60. The van der Waals surface area contributed by atoms with Gasteiger partial charge >= 0.3 is 0 Å². The average molecular weight is 532 g/mol. The second-order valence-electron chi connectivity index (χ2n) is 9.01. The van der Waals surface area contributed by atoms with E-state index in [-0.39, 0.29) is 17.2 Å². The number of nitrogens with zero attached hydrogens (tertiary/aromatic N) is 1. The third kappa shape index (κ3) is 5.25. The van der Waals surface area contributed by atoms with Crippen molar-refractivity contribution in [3.8, 4) is 5.75 Å². The van der Waals surface area contributed by atoms with Crippen molar-refractivity contribution in [3.63, 3.8) is 0 Å². The number of phenolic OH excluding ortho intramolecular Hbond substituents is 1. The maximum atomic E-state index is 12.8. The van der Waals surface area contributed by atoms with Crippen molar-refractivity contribution in [2.24, 2.45) is 0 Å². The molecule has 2 aromatic rings. The molecule has 2 aromatic carbocycles. The molecule has 1 saturated heterocycles. The molecule has 0 atom stereocenters. The zero-order valence-electron chi connectivity index (χ0n) is 18.2. The number of piperidine rings is 1. The van der Waals surface area contributed by atoms with Crippen LogP contribution in [0.1, 0.15) is 72.9 Å². The molecule has 4 nitrogen and oxygen atoms in total. The fourth-order valence-corrected chi connectivity index (χ4v) is 6.07. The van der Waals surface area contributed by atoms with Gasteiger partial charge in [0, 0.05) is 15.7 Å². The van der Waals surface area contributed by atoms with Gasteiger partial charge in [-0.15, -0.1) is 0 Å². The van der Waals surface area contributed by atoms with Gasteiger partial charge in [-0.2, -0.15) is 0 Å². The summed E-state index contributed by atoms with van der Waals surface area (Å²) in [6, 6.07) is 13.7. The standard InChI is InChI=1S/C26H33IN2O2/c27-24-19-21(26(14-3-1-4-15-26)29-17-5-2-6-18-29)9-12-23(24)25(31)28-16-13-20-7-10-22(30)11-8-20/h7-12,19,30H,1-6,13-18H2,(H,28,31). The van der Waals surface area contributed by atoms with E-state index in [4.69, 9.17) is 0 Å². The van der Waals surface area contributed by atoms with Gasteiger partial charge in [-0.05, 0) is 103 Å². The Morgan fingerprint density at radius 3 is 2.32 bits per heavy atom. The molecule has 2 fully saturated rings. The Bertz CT molecular complexity index is 885. The predicted octanol–water partition coefficient (Wildman–Crippen LogP) is 5.61. The number of hydrogen-bond acceptors (Lipinski definition) is 3. The molecule has 2 aliphatic rings. The fraction of sp³-hybridized carbons (Fsp3) is 0.500. The van der Waals surface area contributed by atoms with Gasteiger partial charge in [0.15, 0.2) is 0 Å². The SMILES string of the molecule is O=C(NCCc1ccc(O)cc1)c1ccc(C2(N3CCCCC3)CCCCC2)cc1I. The first-order valence-electron chi connectivity index (χ1n) is 11.7. The van der Waals surface area contributed by atoms with Crippen LogP contribution in [0.4, 0.5) is 0 Å². The number of likely N-dealkylation sites (tertiary alicyclic amines) is 1. The highest BCUT2D eigenvalue weighted by molar-refractivity contribution is 14.1. The van der Waals surface area contributed by atoms with E-state index >= 15 is 0 Å². The predicted molar refractivity (Wildman–Crippen MR) is 133 cm³/mol. The lowest BCUT2D eigenvalue weighted by Crippen LogP contribution is -2.49. The average Bonchev–Trinajstić information content (AvgIpc) is 2.81. The summed E-state index contributed by atoms with van der Waals surface area (Å²) in [5.41, 5.74) is 3.43. The molecule has 5 heteroatoms. The maximum Gasteiger partial charge on any atom is 0.252 e. The van der Waals surface area contributed by atoms with Crippen LogP contribution in [-0.4, -0.2) is 35.5 Å². The number of rotatable bonds is 6. The molecule has 0 aromatic heterocycles. The Kier molecular flexibility index (Phi) is 7.54. The Morgan fingerprint density at radius 2 is 1.65 bits per heavy atom. The summed E-state index contributed by atoms with van der Waals surface area (Å²) in [7, 11) is 0. The number of aromatic hydroxyl groups is 1. The molecule has 1 amide bonds. The van der Waals surface area contributed by atoms with Crippen molar-refractivity contribution >= 4 is 28.5 Å². The molecule has 0 spiro atoms. The lowest BCUT2D eigenvalue weighted by atomic mass is 9.74. The maximum absolute atomic E-state index is 12.8. The smallest absolute Gasteiger partial charge is 0.252 e.